The van der Waals surface area contributed by atoms with Crippen LogP contribution in [0, 0.1) is 23.0 Å². The third-order valence-corrected chi connectivity index (χ3v) is 3.12. The van der Waals surface area contributed by atoms with Crippen molar-refractivity contribution in [3.63, 3.8) is 0 Å². The zero-order valence-electron chi connectivity index (χ0n) is 11.1. The van der Waals surface area contributed by atoms with E-state index in [1.54, 1.807) is 6.07 Å². The van der Waals surface area contributed by atoms with Gasteiger partial charge in [-0.2, -0.15) is 5.26 Å². The van der Waals surface area contributed by atoms with E-state index < -0.39 is 11.6 Å². The summed E-state index contributed by atoms with van der Waals surface area (Å²) in [5.41, 5.74) is 1.97. The monoisotopic (exact) mass is 272 g/mol. The second kappa shape index (κ2) is 6.16. The lowest BCUT2D eigenvalue weighted by Gasteiger charge is -2.09. The van der Waals surface area contributed by atoms with Crippen molar-refractivity contribution < 1.29 is 8.78 Å². The van der Waals surface area contributed by atoms with Crippen molar-refractivity contribution in [2.24, 2.45) is 0 Å². The number of nitrogens with one attached hydrogen (secondary N) is 1. The molecule has 0 aromatic heterocycles. The van der Waals surface area contributed by atoms with E-state index in [0.717, 1.165) is 12.0 Å². The zero-order chi connectivity index (χ0) is 14.5. The van der Waals surface area contributed by atoms with E-state index in [1.165, 1.54) is 17.7 Å². The highest BCUT2D eigenvalue weighted by Crippen LogP contribution is 2.20. The molecule has 20 heavy (non-hydrogen) atoms. The molecule has 0 fully saturated rings. The molecule has 102 valence electrons. The lowest BCUT2D eigenvalue weighted by atomic mass is 10.1. The van der Waals surface area contributed by atoms with Gasteiger partial charge in [0.1, 0.15) is 6.07 Å². The molecule has 0 bridgehead atoms. The predicted octanol–water partition coefficient (Wildman–Crippen LogP) is 4.01. The minimum absolute atomic E-state index is 0.0565. The highest BCUT2D eigenvalue weighted by Gasteiger charge is 2.12. The first-order valence-corrected chi connectivity index (χ1v) is 6.35. The molecular formula is C16H14F2N2. The maximum Gasteiger partial charge on any atom is 0.183 e. The highest BCUT2D eigenvalue weighted by molar-refractivity contribution is 5.50. The highest BCUT2D eigenvalue weighted by atomic mass is 19.2. The molecule has 2 nitrogen and oxygen atoms in total. The van der Waals surface area contributed by atoms with Crippen LogP contribution in [-0.4, -0.2) is 0 Å². The van der Waals surface area contributed by atoms with Gasteiger partial charge in [0, 0.05) is 6.54 Å². The van der Waals surface area contributed by atoms with Gasteiger partial charge in [0.05, 0.1) is 11.3 Å². The normalized spacial score (nSPS) is 10.1. The molecule has 0 unspecified atom stereocenters. The van der Waals surface area contributed by atoms with Gasteiger partial charge in [-0.05, 0) is 29.7 Å². The minimum Gasteiger partial charge on any atom is -0.379 e. The molecule has 0 saturated carbocycles. The maximum atomic E-state index is 13.7. The Balaban J connectivity index is 2.11. The van der Waals surface area contributed by atoms with Crippen molar-refractivity contribution in [3.8, 4) is 6.07 Å². The summed E-state index contributed by atoms with van der Waals surface area (Å²) in [5.74, 6) is -2.13. The van der Waals surface area contributed by atoms with E-state index in [4.69, 9.17) is 5.26 Å². The Morgan fingerprint density at radius 3 is 2.25 bits per heavy atom. The molecule has 4 heteroatoms. The van der Waals surface area contributed by atoms with Gasteiger partial charge in [0.2, 0.25) is 0 Å². The van der Waals surface area contributed by atoms with E-state index in [1.807, 2.05) is 24.3 Å². The predicted molar refractivity (Wildman–Crippen MR) is 74.2 cm³/mol. The van der Waals surface area contributed by atoms with Crippen molar-refractivity contribution in [2.45, 2.75) is 19.9 Å². The summed E-state index contributed by atoms with van der Waals surface area (Å²) in [4.78, 5) is 0. The molecule has 2 aromatic carbocycles. The van der Waals surface area contributed by atoms with Crippen LogP contribution in [0.25, 0.3) is 0 Å². The summed E-state index contributed by atoms with van der Waals surface area (Å²) in [6.45, 7) is 2.47. The van der Waals surface area contributed by atoms with Crippen LogP contribution < -0.4 is 5.32 Å². The first-order chi connectivity index (χ1) is 9.65. The summed E-state index contributed by atoms with van der Waals surface area (Å²) in [7, 11) is 0. The standard InChI is InChI=1S/C16H14F2N2/c1-2-11-3-5-12(6-4-11)10-20-14-8-7-13(9-19)15(17)16(14)18/h3-8,20H,2,10H2,1H3. The Morgan fingerprint density at radius 1 is 1.00 bits per heavy atom. The van der Waals surface area contributed by atoms with Crippen molar-refractivity contribution in [1.29, 1.82) is 5.26 Å². The average molecular weight is 272 g/mol. The van der Waals surface area contributed by atoms with Gasteiger partial charge in [0.25, 0.3) is 0 Å². The van der Waals surface area contributed by atoms with Crippen LogP contribution in [0.4, 0.5) is 14.5 Å². The van der Waals surface area contributed by atoms with Crippen LogP contribution >= 0.6 is 0 Å². The molecule has 0 atom stereocenters. The number of nitrogens with zero attached hydrogens (tertiary/aromatic N) is 1. The number of hydrogen-bond acceptors (Lipinski definition) is 2. The fourth-order valence-corrected chi connectivity index (χ4v) is 1.86. The molecule has 0 aliphatic rings. The summed E-state index contributed by atoms with van der Waals surface area (Å²) >= 11 is 0. The van der Waals surface area contributed by atoms with E-state index >= 15 is 0 Å². The van der Waals surface area contributed by atoms with E-state index in [2.05, 4.69) is 12.2 Å². The van der Waals surface area contributed by atoms with Gasteiger partial charge in [-0.1, -0.05) is 31.2 Å². The smallest absolute Gasteiger partial charge is 0.183 e. The van der Waals surface area contributed by atoms with Gasteiger partial charge >= 0.3 is 0 Å². The summed E-state index contributed by atoms with van der Waals surface area (Å²) in [5, 5.41) is 11.4. The van der Waals surface area contributed by atoms with Crippen molar-refractivity contribution >= 4 is 5.69 Å². The third-order valence-electron chi connectivity index (χ3n) is 3.12. The maximum absolute atomic E-state index is 13.7. The lowest BCUT2D eigenvalue weighted by molar-refractivity contribution is 0.508. The molecule has 0 aliphatic heterocycles. The second-order valence-corrected chi connectivity index (χ2v) is 4.42. The van der Waals surface area contributed by atoms with E-state index in [-0.39, 0.29) is 11.3 Å². The summed E-state index contributed by atoms with van der Waals surface area (Å²) < 4.78 is 27.1. The van der Waals surface area contributed by atoms with E-state index in [0.29, 0.717) is 6.54 Å². The number of aryl methyl sites for hydroxylation is 1. The minimum atomic E-state index is -1.11. The Labute approximate surface area is 116 Å². The zero-order valence-corrected chi connectivity index (χ0v) is 11.1. The van der Waals surface area contributed by atoms with Crippen LogP contribution in [0.2, 0.25) is 0 Å². The number of hydrogen-bond donors (Lipinski definition) is 1. The molecule has 0 saturated heterocycles. The fourth-order valence-electron chi connectivity index (χ4n) is 1.86. The van der Waals surface area contributed by atoms with Crippen LogP contribution in [0.5, 0.6) is 0 Å². The van der Waals surface area contributed by atoms with Crippen LogP contribution in [-0.2, 0) is 13.0 Å². The molecule has 0 spiro atoms. The molecule has 0 radical (unpaired) electrons. The molecule has 0 amide bonds. The van der Waals surface area contributed by atoms with Crippen molar-refractivity contribution in [3.05, 3.63) is 64.7 Å². The number of nitriles is 1. The van der Waals surface area contributed by atoms with Crippen molar-refractivity contribution in [2.75, 3.05) is 5.32 Å². The molecule has 1 N–H and O–H groups in total. The lowest BCUT2D eigenvalue weighted by Crippen LogP contribution is -2.04. The quantitative estimate of drug-likeness (QED) is 0.912. The Kier molecular flexibility index (Phi) is 4.31. The van der Waals surface area contributed by atoms with Gasteiger partial charge in [-0.3, -0.25) is 0 Å². The molecule has 0 heterocycles. The van der Waals surface area contributed by atoms with Gasteiger partial charge < -0.3 is 5.32 Å². The molecule has 0 aliphatic carbocycles. The van der Waals surface area contributed by atoms with Gasteiger partial charge in [0.15, 0.2) is 11.6 Å². The van der Waals surface area contributed by atoms with Crippen LogP contribution in [0.15, 0.2) is 36.4 Å². The topological polar surface area (TPSA) is 35.8 Å². The largest absolute Gasteiger partial charge is 0.379 e. The number of rotatable bonds is 4. The van der Waals surface area contributed by atoms with E-state index in [9.17, 15) is 8.78 Å². The number of halogens is 2. The van der Waals surface area contributed by atoms with Crippen LogP contribution in [0.1, 0.15) is 23.6 Å². The first kappa shape index (κ1) is 14.0. The first-order valence-electron chi connectivity index (χ1n) is 6.35. The molecule has 2 rings (SSSR count). The Hall–Kier alpha value is -2.41. The molecule has 2 aromatic rings. The second-order valence-electron chi connectivity index (χ2n) is 4.42. The SMILES string of the molecule is CCc1ccc(CNc2ccc(C#N)c(F)c2F)cc1. The van der Waals surface area contributed by atoms with Crippen molar-refractivity contribution in [1.82, 2.24) is 0 Å². The fraction of sp³-hybridized carbons (Fsp3) is 0.188. The van der Waals surface area contributed by atoms with Crippen LogP contribution in [0.3, 0.4) is 0 Å². The average Bonchev–Trinajstić information content (AvgIpc) is 2.49. The van der Waals surface area contributed by atoms with Gasteiger partial charge in [-0.25, -0.2) is 8.78 Å². The summed E-state index contributed by atoms with van der Waals surface area (Å²) in [6.07, 6.45) is 0.961. The number of benzene rings is 2. The Bertz CT molecular complexity index is 643. The Morgan fingerprint density at radius 2 is 1.65 bits per heavy atom. The number of anilines is 1. The third kappa shape index (κ3) is 2.94. The molecular weight excluding hydrogens is 258 g/mol. The van der Waals surface area contributed by atoms with Gasteiger partial charge in [-0.15, -0.1) is 0 Å². The summed E-state index contributed by atoms with van der Waals surface area (Å²) in [6, 6.07) is 12.2.